The summed E-state index contributed by atoms with van der Waals surface area (Å²) in [6, 6.07) is 9.90. The summed E-state index contributed by atoms with van der Waals surface area (Å²) in [5.74, 6) is -0.0340. The summed E-state index contributed by atoms with van der Waals surface area (Å²) in [7, 11) is 1.90. The first-order valence-corrected chi connectivity index (χ1v) is 8.83. The summed E-state index contributed by atoms with van der Waals surface area (Å²) in [6.07, 6.45) is 6.42. The lowest BCUT2D eigenvalue weighted by Crippen LogP contribution is -2.30. The third-order valence-corrected chi connectivity index (χ3v) is 4.78. The quantitative estimate of drug-likeness (QED) is 0.917. The topological polar surface area (TPSA) is 50.2 Å². The first kappa shape index (κ1) is 16.6. The van der Waals surface area contributed by atoms with E-state index in [0.717, 1.165) is 25.2 Å². The monoisotopic (exact) mass is 326 g/mol. The summed E-state index contributed by atoms with van der Waals surface area (Å²) in [4.78, 5) is 15.0. The number of amides is 1. The minimum Gasteiger partial charge on any atom is -0.372 e. The zero-order chi connectivity index (χ0) is 16.9. The number of carbonyl (C=O) groups is 1. The molecular formula is C19H26N4O. The second-order valence-corrected chi connectivity index (χ2v) is 6.41. The van der Waals surface area contributed by atoms with Crippen molar-refractivity contribution in [2.24, 2.45) is 7.05 Å². The number of rotatable bonds is 5. The average molecular weight is 326 g/mol. The number of hydrogen-bond acceptors (Lipinski definition) is 3. The van der Waals surface area contributed by atoms with E-state index in [1.807, 2.05) is 29.9 Å². The maximum atomic E-state index is 12.6. The van der Waals surface area contributed by atoms with Gasteiger partial charge in [0.05, 0.1) is 11.7 Å². The molecule has 0 radical (unpaired) electrons. The molecule has 1 aromatic carbocycles. The third-order valence-electron chi connectivity index (χ3n) is 4.78. The highest BCUT2D eigenvalue weighted by atomic mass is 16.1. The molecule has 0 unspecified atom stereocenters. The Morgan fingerprint density at radius 2 is 1.88 bits per heavy atom. The Balaban J connectivity index is 1.67. The van der Waals surface area contributed by atoms with Crippen LogP contribution >= 0.6 is 0 Å². The molecule has 0 spiro atoms. The Morgan fingerprint density at radius 1 is 1.17 bits per heavy atom. The van der Waals surface area contributed by atoms with Crippen LogP contribution in [0.1, 0.15) is 54.7 Å². The van der Waals surface area contributed by atoms with Crippen molar-refractivity contribution in [3.05, 3.63) is 47.8 Å². The molecule has 0 saturated carbocycles. The molecule has 5 nitrogen and oxygen atoms in total. The van der Waals surface area contributed by atoms with Gasteiger partial charge in [-0.3, -0.25) is 9.48 Å². The van der Waals surface area contributed by atoms with E-state index in [9.17, 15) is 4.79 Å². The van der Waals surface area contributed by atoms with Crippen molar-refractivity contribution in [2.75, 3.05) is 18.0 Å². The Hall–Kier alpha value is -2.30. The molecule has 1 aliphatic rings. The predicted octanol–water partition coefficient (Wildman–Crippen LogP) is 3.29. The van der Waals surface area contributed by atoms with E-state index in [-0.39, 0.29) is 11.9 Å². The number of aromatic nitrogens is 2. The lowest BCUT2D eigenvalue weighted by atomic mass is 10.1. The summed E-state index contributed by atoms with van der Waals surface area (Å²) in [6.45, 7) is 4.30. The smallest absolute Gasteiger partial charge is 0.251 e. The minimum absolute atomic E-state index is 0.0215. The van der Waals surface area contributed by atoms with Crippen LogP contribution < -0.4 is 10.2 Å². The summed E-state index contributed by atoms with van der Waals surface area (Å²) >= 11 is 0. The Kier molecular flexibility index (Phi) is 5.18. The molecule has 2 heterocycles. The molecule has 2 aromatic rings. The number of piperidine rings is 1. The van der Waals surface area contributed by atoms with Crippen molar-refractivity contribution in [1.82, 2.24) is 15.1 Å². The molecule has 1 fully saturated rings. The SMILES string of the molecule is CC[C@H](NC(=O)c1ccc(N2CCCCC2)cc1)c1ccnn1C. The summed E-state index contributed by atoms with van der Waals surface area (Å²) < 4.78 is 1.81. The van der Waals surface area contributed by atoms with Crippen molar-refractivity contribution in [1.29, 1.82) is 0 Å². The van der Waals surface area contributed by atoms with Gasteiger partial charge < -0.3 is 10.2 Å². The molecule has 1 aliphatic heterocycles. The van der Waals surface area contributed by atoms with Crippen molar-refractivity contribution < 1.29 is 4.79 Å². The molecule has 128 valence electrons. The third kappa shape index (κ3) is 3.61. The zero-order valence-corrected chi connectivity index (χ0v) is 14.5. The number of carbonyl (C=O) groups excluding carboxylic acids is 1. The maximum absolute atomic E-state index is 12.6. The highest BCUT2D eigenvalue weighted by Gasteiger charge is 2.17. The fourth-order valence-corrected chi connectivity index (χ4v) is 3.33. The number of nitrogens with zero attached hydrogens (tertiary/aromatic N) is 3. The van der Waals surface area contributed by atoms with Gasteiger partial charge in [0.15, 0.2) is 0 Å². The minimum atomic E-state index is -0.0340. The fourth-order valence-electron chi connectivity index (χ4n) is 3.33. The normalized spacial score (nSPS) is 16.0. The summed E-state index contributed by atoms with van der Waals surface area (Å²) in [5, 5.41) is 7.30. The van der Waals surface area contributed by atoms with Crippen molar-refractivity contribution in [3.8, 4) is 0 Å². The predicted molar refractivity (Wildman–Crippen MR) is 96.2 cm³/mol. The van der Waals surface area contributed by atoms with Gasteiger partial charge in [-0.1, -0.05) is 6.92 Å². The van der Waals surface area contributed by atoms with Crippen molar-refractivity contribution in [3.63, 3.8) is 0 Å². The number of aryl methyl sites for hydroxylation is 1. The Bertz CT molecular complexity index is 671. The Morgan fingerprint density at radius 3 is 2.46 bits per heavy atom. The maximum Gasteiger partial charge on any atom is 0.251 e. The molecule has 1 saturated heterocycles. The zero-order valence-electron chi connectivity index (χ0n) is 14.5. The second-order valence-electron chi connectivity index (χ2n) is 6.41. The van der Waals surface area contributed by atoms with Crippen LogP contribution in [0, 0.1) is 0 Å². The first-order valence-electron chi connectivity index (χ1n) is 8.83. The number of hydrogen-bond donors (Lipinski definition) is 1. The Labute approximate surface area is 143 Å². The van der Waals surface area contributed by atoms with Gasteiger partial charge in [-0.2, -0.15) is 5.10 Å². The van der Waals surface area contributed by atoms with Gasteiger partial charge in [0.1, 0.15) is 0 Å². The van der Waals surface area contributed by atoms with Gasteiger partial charge in [0, 0.05) is 37.6 Å². The molecule has 1 amide bonds. The van der Waals surface area contributed by atoms with Gasteiger partial charge in [-0.25, -0.2) is 0 Å². The fraction of sp³-hybridized carbons (Fsp3) is 0.474. The van der Waals surface area contributed by atoms with Crippen LogP contribution in [0.5, 0.6) is 0 Å². The van der Waals surface area contributed by atoms with E-state index in [0.29, 0.717) is 5.56 Å². The molecule has 5 heteroatoms. The largest absolute Gasteiger partial charge is 0.372 e. The van der Waals surface area contributed by atoms with Crippen LogP contribution in [-0.4, -0.2) is 28.8 Å². The van der Waals surface area contributed by atoms with E-state index < -0.39 is 0 Å². The second kappa shape index (κ2) is 7.51. The molecule has 0 bridgehead atoms. The van der Waals surface area contributed by atoms with E-state index in [2.05, 4.69) is 34.4 Å². The van der Waals surface area contributed by atoms with Crippen molar-refractivity contribution in [2.45, 2.75) is 38.6 Å². The van der Waals surface area contributed by atoms with Crippen LogP contribution in [-0.2, 0) is 7.05 Å². The highest BCUT2D eigenvalue weighted by molar-refractivity contribution is 5.94. The molecule has 24 heavy (non-hydrogen) atoms. The van der Waals surface area contributed by atoms with E-state index >= 15 is 0 Å². The van der Waals surface area contributed by atoms with Gasteiger partial charge >= 0.3 is 0 Å². The number of anilines is 1. The van der Waals surface area contributed by atoms with Gasteiger partial charge in [0.2, 0.25) is 0 Å². The molecule has 1 aromatic heterocycles. The van der Waals surface area contributed by atoms with Gasteiger partial charge in [-0.05, 0) is 56.0 Å². The molecule has 1 atom stereocenters. The van der Waals surface area contributed by atoms with Gasteiger partial charge in [-0.15, -0.1) is 0 Å². The molecule has 0 aliphatic carbocycles. The number of nitrogens with one attached hydrogen (secondary N) is 1. The lowest BCUT2D eigenvalue weighted by Gasteiger charge is -2.28. The van der Waals surface area contributed by atoms with Crippen LogP contribution in [0.3, 0.4) is 0 Å². The van der Waals surface area contributed by atoms with Crippen LogP contribution in [0.4, 0.5) is 5.69 Å². The highest BCUT2D eigenvalue weighted by Crippen LogP contribution is 2.21. The van der Waals surface area contributed by atoms with E-state index in [1.54, 1.807) is 6.20 Å². The van der Waals surface area contributed by atoms with Crippen LogP contribution in [0.25, 0.3) is 0 Å². The van der Waals surface area contributed by atoms with E-state index in [4.69, 9.17) is 0 Å². The molecule has 3 rings (SSSR count). The first-order chi connectivity index (χ1) is 11.7. The van der Waals surface area contributed by atoms with Crippen LogP contribution in [0.15, 0.2) is 36.5 Å². The van der Waals surface area contributed by atoms with Gasteiger partial charge in [0.25, 0.3) is 5.91 Å². The number of benzene rings is 1. The lowest BCUT2D eigenvalue weighted by molar-refractivity contribution is 0.0934. The molecular weight excluding hydrogens is 300 g/mol. The standard InChI is InChI=1S/C19H26N4O/c1-3-17(18-11-12-20-22(18)2)21-19(24)15-7-9-16(10-8-15)23-13-5-4-6-14-23/h7-12,17H,3-6,13-14H2,1-2H3,(H,21,24)/t17-/m0/s1. The van der Waals surface area contributed by atoms with Crippen LogP contribution in [0.2, 0.25) is 0 Å². The van der Waals surface area contributed by atoms with Crippen molar-refractivity contribution >= 4 is 11.6 Å². The van der Waals surface area contributed by atoms with E-state index in [1.165, 1.54) is 24.9 Å². The average Bonchev–Trinajstić information content (AvgIpc) is 3.06. The summed E-state index contributed by atoms with van der Waals surface area (Å²) in [5.41, 5.74) is 2.94. The molecule has 1 N–H and O–H groups in total.